The van der Waals surface area contributed by atoms with Crippen LogP contribution in [0.25, 0.3) is 0 Å². The number of amides is 1. The van der Waals surface area contributed by atoms with Gasteiger partial charge in [-0.2, -0.15) is 0 Å². The van der Waals surface area contributed by atoms with E-state index in [2.05, 4.69) is 5.32 Å². The Balaban J connectivity index is 2.00. The van der Waals surface area contributed by atoms with E-state index in [1.54, 1.807) is 36.4 Å². The van der Waals surface area contributed by atoms with Gasteiger partial charge < -0.3 is 5.32 Å². The molecule has 0 saturated heterocycles. The van der Waals surface area contributed by atoms with Gasteiger partial charge in [0.15, 0.2) is 15.6 Å². The quantitative estimate of drug-likeness (QED) is 0.796. The molecule has 2 rings (SSSR count). The van der Waals surface area contributed by atoms with Gasteiger partial charge in [-0.3, -0.25) is 9.59 Å². The maximum Gasteiger partial charge on any atom is 0.225 e. The topological polar surface area (TPSA) is 80.3 Å². The Morgan fingerprint density at radius 2 is 1.79 bits per heavy atom. The summed E-state index contributed by atoms with van der Waals surface area (Å²) in [6.45, 7) is 1.43. The first-order valence-electron chi connectivity index (χ1n) is 7.17. The SMILES string of the molecule is CC(=O)c1cccc(NC(=O)CCS(=O)(=O)c2cccc(Cl)c2)c1. The minimum atomic E-state index is -3.59. The van der Waals surface area contributed by atoms with Gasteiger partial charge in [0.2, 0.25) is 5.91 Å². The van der Waals surface area contributed by atoms with Gasteiger partial charge in [-0.15, -0.1) is 0 Å². The van der Waals surface area contributed by atoms with Crippen LogP contribution in [0, 0.1) is 0 Å². The number of ketones is 1. The summed E-state index contributed by atoms with van der Waals surface area (Å²) in [6, 6.07) is 12.4. The van der Waals surface area contributed by atoms with Crippen molar-refractivity contribution in [2.75, 3.05) is 11.1 Å². The van der Waals surface area contributed by atoms with Crippen LogP contribution in [-0.2, 0) is 14.6 Å². The molecule has 0 unspecified atom stereocenters. The third kappa shape index (κ3) is 4.91. The Morgan fingerprint density at radius 1 is 1.08 bits per heavy atom. The van der Waals surface area contributed by atoms with E-state index in [0.717, 1.165) is 0 Å². The van der Waals surface area contributed by atoms with Crippen LogP contribution in [0.2, 0.25) is 5.02 Å². The lowest BCUT2D eigenvalue weighted by molar-refractivity contribution is -0.115. The van der Waals surface area contributed by atoms with Crippen LogP contribution >= 0.6 is 11.6 Å². The first-order valence-corrected chi connectivity index (χ1v) is 9.20. The number of anilines is 1. The number of carbonyl (C=O) groups excluding carboxylic acids is 2. The predicted octanol–water partition coefficient (Wildman–Crippen LogP) is 3.35. The van der Waals surface area contributed by atoms with Gasteiger partial charge in [-0.25, -0.2) is 8.42 Å². The van der Waals surface area contributed by atoms with Crippen molar-refractivity contribution in [2.45, 2.75) is 18.2 Å². The Morgan fingerprint density at radius 3 is 2.46 bits per heavy atom. The number of rotatable bonds is 6. The van der Waals surface area contributed by atoms with Gasteiger partial charge in [0, 0.05) is 22.7 Å². The summed E-state index contributed by atoms with van der Waals surface area (Å²) >= 11 is 5.79. The highest BCUT2D eigenvalue weighted by molar-refractivity contribution is 7.91. The summed E-state index contributed by atoms with van der Waals surface area (Å²) in [4.78, 5) is 23.4. The molecule has 1 N–H and O–H groups in total. The first kappa shape index (κ1) is 18.2. The fourth-order valence-electron chi connectivity index (χ4n) is 2.04. The number of halogens is 1. The molecule has 0 aromatic heterocycles. The lowest BCUT2D eigenvalue weighted by Crippen LogP contribution is -2.17. The lowest BCUT2D eigenvalue weighted by Gasteiger charge is -2.07. The molecule has 0 fully saturated rings. The van der Waals surface area contributed by atoms with Gasteiger partial charge in [-0.1, -0.05) is 29.8 Å². The van der Waals surface area contributed by atoms with Gasteiger partial charge >= 0.3 is 0 Å². The molecular formula is C17H16ClNO4S. The van der Waals surface area contributed by atoms with Crippen molar-refractivity contribution < 1.29 is 18.0 Å². The minimum absolute atomic E-state index is 0.0846. The van der Waals surface area contributed by atoms with Crippen molar-refractivity contribution in [2.24, 2.45) is 0 Å². The Kier molecular flexibility index (Phi) is 5.75. The predicted molar refractivity (Wildman–Crippen MR) is 93.2 cm³/mol. The maximum atomic E-state index is 12.2. The molecule has 0 bridgehead atoms. The highest BCUT2D eigenvalue weighted by Gasteiger charge is 2.17. The fraction of sp³-hybridized carbons (Fsp3) is 0.176. The summed E-state index contributed by atoms with van der Waals surface area (Å²) in [5.74, 6) is -0.887. The van der Waals surface area contributed by atoms with Crippen molar-refractivity contribution in [1.82, 2.24) is 0 Å². The number of sulfone groups is 1. The second-order valence-electron chi connectivity index (χ2n) is 5.21. The minimum Gasteiger partial charge on any atom is -0.326 e. The number of hydrogen-bond acceptors (Lipinski definition) is 4. The second-order valence-corrected chi connectivity index (χ2v) is 7.76. The van der Waals surface area contributed by atoms with Gasteiger partial charge in [0.05, 0.1) is 10.6 Å². The van der Waals surface area contributed by atoms with Gasteiger partial charge in [0.25, 0.3) is 0 Å². The van der Waals surface area contributed by atoms with E-state index >= 15 is 0 Å². The molecule has 24 heavy (non-hydrogen) atoms. The maximum absolute atomic E-state index is 12.2. The van der Waals surface area contributed by atoms with Crippen molar-refractivity contribution in [3.05, 3.63) is 59.1 Å². The van der Waals surface area contributed by atoms with E-state index < -0.39 is 15.7 Å². The average Bonchev–Trinajstić information content (AvgIpc) is 2.53. The normalized spacial score (nSPS) is 11.1. The largest absolute Gasteiger partial charge is 0.326 e. The molecule has 0 spiro atoms. The van der Waals surface area contributed by atoms with E-state index in [0.29, 0.717) is 16.3 Å². The molecule has 0 saturated carbocycles. The first-order chi connectivity index (χ1) is 11.3. The average molecular weight is 366 g/mol. The Bertz CT molecular complexity index is 878. The molecule has 0 atom stereocenters. The molecule has 0 aliphatic rings. The van der Waals surface area contributed by atoms with Crippen LogP contribution in [0.5, 0.6) is 0 Å². The zero-order chi connectivity index (χ0) is 17.7. The standard InChI is InChI=1S/C17H16ClNO4S/c1-12(20)13-4-2-6-15(10-13)19-17(21)8-9-24(22,23)16-7-3-5-14(18)11-16/h2-7,10-11H,8-9H2,1H3,(H,19,21). The van der Waals surface area contributed by atoms with E-state index in [-0.39, 0.29) is 22.9 Å². The van der Waals surface area contributed by atoms with Crippen molar-refractivity contribution in [3.8, 4) is 0 Å². The zero-order valence-electron chi connectivity index (χ0n) is 13.0. The van der Waals surface area contributed by atoms with Gasteiger partial charge in [0.1, 0.15) is 0 Å². The number of Topliss-reactive ketones (excluding diaryl/α,β-unsaturated/α-hetero) is 1. The lowest BCUT2D eigenvalue weighted by atomic mass is 10.1. The summed E-state index contributed by atoms with van der Waals surface area (Å²) in [5.41, 5.74) is 0.923. The summed E-state index contributed by atoms with van der Waals surface area (Å²) in [6.07, 6.45) is -0.195. The molecule has 5 nitrogen and oxygen atoms in total. The Hall–Kier alpha value is -2.18. The van der Waals surface area contributed by atoms with Crippen LogP contribution in [0.3, 0.4) is 0 Å². The monoisotopic (exact) mass is 365 g/mol. The molecule has 7 heteroatoms. The molecule has 126 valence electrons. The van der Waals surface area contributed by atoms with Crippen molar-refractivity contribution >= 4 is 38.8 Å². The second kappa shape index (κ2) is 7.59. The van der Waals surface area contributed by atoms with Crippen molar-refractivity contribution in [3.63, 3.8) is 0 Å². The Labute approximate surface area is 145 Å². The smallest absolute Gasteiger partial charge is 0.225 e. The van der Waals surface area contributed by atoms with E-state index in [1.807, 2.05) is 0 Å². The van der Waals surface area contributed by atoms with Crippen LogP contribution in [0.4, 0.5) is 5.69 Å². The molecule has 0 radical (unpaired) electrons. The van der Waals surface area contributed by atoms with E-state index in [4.69, 9.17) is 11.6 Å². The van der Waals surface area contributed by atoms with Crippen LogP contribution in [-0.4, -0.2) is 25.9 Å². The van der Waals surface area contributed by atoms with E-state index in [9.17, 15) is 18.0 Å². The highest BCUT2D eigenvalue weighted by Crippen LogP contribution is 2.18. The van der Waals surface area contributed by atoms with Crippen molar-refractivity contribution in [1.29, 1.82) is 0 Å². The number of benzene rings is 2. The summed E-state index contributed by atoms with van der Waals surface area (Å²) in [7, 11) is -3.59. The molecule has 2 aromatic carbocycles. The molecule has 2 aromatic rings. The van der Waals surface area contributed by atoms with Gasteiger partial charge in [-0.05, 0) is 37.3 Å². The summed E-state index contributed by atoms with van der Waals surface area (Å²) in [5, 5.41) is 2.91. The zero-order valence-corrected chi connectivity index (χ0v) is 14.5. The third-order valence-corrected chi connectivity index (χ3v) is 5.25. The summed E-state index contributed by atoms with van der Waals surface area (Å²) < 4.78 is 24.4. The molecule has 0 aliphatic heterocycles. The molecule has 0 heterocycles. The number of nitrogens with one attached hydrogen (secondary N) is 1. The third-order valence-electron chi connectivity index (χ3n) is 3.31. The number of hydrogen-bond donors (Lipinski definition) is 1. The fourth-order valence-corrected chi connectivity index (χ4v) is 3.58. The van der Waals surface area contributed by atoms with E-state index in [1.165, 1.54) is 19.1 Å². The molecule has 0 aliphatic carbocycles. The number of carbonyl (C=O) groups is 2. The van der Waals surface area contributed by atoms with Crippen LogP contribution in [0.15, 0.2) is 53.4 Å². The molecular weight excluding hydrogens is 350 g/mol. The van der Waals surface area contributed by atoms with Crippen LogP contribution < -0.4 is 5.32 Å². The highest BCUT2D eigenvalue weighted by atomic mass is 35.5. The molecule has 1 amide bonds. The van der Waals surface area contributed by atoms with Crippen LogP contribution in [0.1, 0.15) is 23.7 Å².